The summed E-state index contributed by atoms with van der Waals surface area (Å²) in [5.41, 5.74) is 3.79. The minimum atomic E-state index is -0.0275. The summed E-state index contributed by atoms with van der Waals surface area (Å²) in [5, 5.41) is 12.4. The number of aromatic nitrogens is 2. The van der Waals surface area contributed by atoms with Crippen LogP contribution in [0.1, 0.15) is 32.3 Å². The van der Waals surface area contributed by atoms with E-state index in [0.29, 0.717) is 11.3 Å². The first-order valence-corrected chi connectivity index (χ1v) is 10.6. The Morgan fingerprint density at radius 1 is 1.26 bits per heavy atom. The molecule has 0 unspecified atom stereocenters. The number of nitriles is 1. The van der Waals surface area contributed by atoms with E-state index >= 15 is 0 Å². The standard InChI is InChI=1S/C24H27N5O2/c1-16(2)31-22-12-18(4-5-19(22)14-25)21-15-26-23-13-20(8-11-29(21)23)27-24(30)17-6-9-28(3)10-7-17/h4-5,8,11-13,15-17H,6-7,9-10H2,1-3H3,(H,27,30). The Morgan fingerprint density at radius 2 is 2.03 bits per heavy atom. The molecule has 1 aliphatic rings. The molecule has 1 N–H and O–H groups in total. The van der Waals surface area contributed by atoms with Gasteiger partial charge in [-0.05, 0) is 65.0 Å². The van der Waals surface area contributed by atoms with Gasteiger partial charge in [-0.15, -0.1) is 0 Å². The summed E-state index contributed by atoms with van der Waals surface area (Å²) >= 11 is 0. The molecule has 1 aromatic carbocycles. The number of benzene rings is 1. The number of pyridine rings is 1. The number of amides is 1. The Bertz CT molecular complexity index is 1140. The number of likely N-dealkylation sites (tertiary alicyclic amines) is 1. The molecule has 2 aromatic heterocycles. The van der Waals surface area contributed by atoms with Crippen LogP contribution in [0, 0.1) is 17.2 Å². The van der Waals surface area contributed by atoms with E-state index in [1.807, 2.05) is 48.7 Å². The average molecular weight is 418 g/mol. The first kappa shape index (κ1) is 20.9. The second-order valence-corrected chi connectivity index (χ2v) is 8.34. The molecule has 0 bridgehead atoms. The van der Waals surface area contributed by atoms with Crippen molar-refractivity contribution < 1.29 is 9.53 Å². The zero-order chi connectivity index (χ0) is 22.0. The zero-order valence-corrected chi connectivity index (χ0v) is 18.1. The molecule has 1 amide bonds. The lowest BCUT2D eigenvalue weighted by Gasteiger charge is -2.28. The molecule has 3 heterocycles. The number of carbonyl (C=O) groups excluding carboxylic acids is 1. The molecular formula is C24H27N5O2. The number of nitrogens with zero attached hydrogens (tertiary/aromatic N) is 4. The van der Waals surface area contributed by atoms with Crippen molar-refractivity contribution in [3.05, 3.63) is 48.3 Å². The van der Waals surface area contributed by atoms with Crippen LogP contribution in [0.15, 0.2) is 42.7 Å². The van der Waals surface area contributed by atoms with Crippen molar-refractivity contribution in [1.82, 2.24) is 14.3 Å². The molecule has 0 atom stereocenters. The number of hydrogen-bond donors (Lipinski definition) is 1. The Kier molecular flexibility index (Phi) is 5.92. The second-order valence-electron chi connectivity index (χ2n) is 8.34. The van der Waals surface area contributed by atoms with Gasteiger partial charge in [0.1, 0.15) is 17.5 Å². The van der Waals surface area contributed by atoms with Crippen molar-refractivity contribution in [3.8, 4) is 23.1 Å². The zero-order valence-electron chi connectivity index (χ0n) is 18.1. The van der Waals surface area contributed by atoms with E-state index in [2.05, 4.69) is 28.3 Å². The fraction of sp³-hybridized carbons (Fsp3) is 0.375. The third kappa shape index (κ3) is 4.54. The number of nitrogens with one attached hydrogen (secondary N) is 1. The molecule has 1 saturated heterocycles. The molecule has 0 aliphatic carbocycles. The highest BCUT2D eigenvalue weighted by Crippen LogP contribution is 2.29. The molecule has 0 spiro atoms. The minimum absolute atomic E-state index is 0.0275. The van der Waals surface area contributed by atoms with E-state index in [-0.39, 0.29) is 17.9 Å². The third-order valence-electron chi connectivity index (χ3n) is 5.63. The maximum Gasteiger partial charge on any atom is 0.227 e. The Labute approximate surface area is 182 Å². The number of carbonyl (C=O) groups is 1. The van der Waals surface area contributed by atoms with Gasteiger partial charge in [0.15, 0.2) is 0 Å². The number of rotatable bonds is 5. The maximum absolute atomic E-state index is 12.6. The summed E-state index contributed by atoms with van der Waals surface area (Å²) in [4.78, 5) is 19.4. The number of ether oxygens (including phenoxy) is 1. The molecule has 160 valence electrons. The predicted octanol–water partition coefficient (Wildman–Crippen LogP) is 3.94. The molecule has 0 saturated carbocycles. The molecule has 7 heteroatoms. The molecule has 31 heavy (non-hydrogen) atoms. The summed E-state index contributed by atoms with van der Waals surface area (Å²) in [5.74, 6) is 0.694. The molecular weight excluding hydrogens is 390 g/mol. The van der Waals surface area contributed by atoms with Crippen molar-refractivity contribution in [2.45, 2.75) is 32.8 Å². The van der Waals surface area contributed by atoms with Gasteiger partial charge < -0.3 is 15.0 Å². The van der Waals surface area contributed by atoms with Crippen LogP contribution in [0.2, 0.25) is 0 Å². The van der Waals surface area contributed by atoms with Gasteiger partial charge in [0.2, 0.25) is 5.91 Å². The monoisotopic (exact) mass is 417 g/mol. The molecule has 7 nitrogen and oxygen atoms in total. The molecule has 4 rings (SSSR count). The number of hydrogen-bond acceptors (Lipinski definition) is 5. The summed E-state index contributed by atoms with van der Waals surface area (Å²) in [6, 6.07) is 11.5. The molecule has 1 fully saturated rings. The average Bonchev–Trinajstić information content (AvgIpc) is 3.17. The van der Waals surface area contributed by atoms with Gasteiger partial charge in [-0.2, -0.15) is 5.26 Å². The first-order valence-electron chi connectivity index (χ1n) is 10.6. The smallest absolute Gasteiger partial charge is 0.227 e. The van der Waals surface area contributed by atoms with Crippen molar-refractivity contribution >= 4 is 17.2 Å². The van der Waals surface area contributed by atoms with Gasteiger partial charge in [-0.25, -0.2) is 4.98 Å². The van der Waals surface area contributed by atoms with Crippen LogP contribution >= 0.6 is 0 Å². The first-order chi connectivity index (χ1) is 14.9. The molecule has 0 radical (unpaired) electrons. The van der Waals surface area contributed by atoms with Crippen molar-refractivity contribution in [3.63, 3.8) is 0 Å². The summed E-state index contributed by atoms with van der Waals surface area (Å²) in [6.07, 6.45) is 5.44. The Hall–Kier alpha value is -3.37. The second kappa shape index (κ2) is 8.78. The Balaban J connectivity index is 1.57. The minimum Gasteiger partial charge on any atom is -0.490 e. The van der Waals surface area contributed by atoms with Crippen LogP contribution in [0.25, 0.3) is 16.9 Å². The maximum atomic E-state index is 12.6. The number of fused-ring (bicyclic) bond motifs is 1. The normalized spacial score (nSPS) is 15.2. The van der Waals surface area contributed by atoms with Crippen LogP contribution in [0.5, 0.6) is 5.75 Å². The highest BCUT2D eigenvalue weighted by atomic mass is 16.5. The van der Waals surface area contributed by atoms with Crippen molar-refractivity contribution in [2.24, 2.45) is 5.92 Å². The number of imidazole rings is 1. The summed E-state index contributed by atoms with van der Waals surface area (Å²) in [7, 11) is 2.09. The van der Waals surface area contributed by atoms with Gasteiger partial charge in [-0.1, -0.05) is 6.07 Å². The SMILES string of the molecule is CC(C)Oc1cc(-c2cnc3cc(NC(=O)C4CCN(C)CC4)ccn23)ccc1C#N. The summed E-state index contributed by atoms with van der Waals surface area (Å²) in [6.45, 7) is 5.77. The van der Waals surface area contributed by atoms with Crippen molar-refractivity contribution in [1.29, 1.82) is 5.26 Å². The van der Waals surface area contributed by atoms with E-state index in [1.165, 1.54) is 0 Å². The van der Waals surface area contributed by atoms with Gasteiger partial charge in [-0.3, -0.25) is 9.20 Å². The van der Waals surface area contributed by atoms with Gasteiger partial charge >= 0.3 is 0 Å². The van der Waals surface area contributed by atoms with Crippen molar-refractivity contribution in [2.75, 3.05) is 25.5 Å². The largest absolute Gasteiger partial charge is 0.490 e. The lowest BCUT2D eigenvalue weighted by atomic mass is 9.96. The van der Waals surface area contributed by atoms with Gasteiger partial charge in [0, 0.05) is 29.4 Å². The fourth-order valence-electron chi connectivity index (χ4n) is 3.91. The Morgan fingerprint density at radius 3 is 2.74 bits per heavy atom. The van der Waals surface area contributed by atoms with Gasteiger partial charge in [0.05, 0.1) is 23.6 Å². The summed E-state index contributed by atoms with van der Waals surface area (Å²) < 4.78 is 7.78. The van der Waals surface area contributed by atoms with E-state index in [9.17, 15) is 10.1 Å². The van der Waals surface area contributed by atoms with Crippen LogP contribution in [0.3, 0.4) is 0 Å². The van der Waals surface area contributed by atoms with E-state index in [0.717, 1.165) is 48.5 Å². The highest BCUT2D eigenvalue weighted by Gasteiger charge is 2.23. The predicted molar refractivity (Wildman–Crippen MR) is 120 cm³/mol. The third-order valence-corrected chi connectivity index (χ3v) is 5.63. The van der Waals surface area contributed by atoms with E-state index in [1.54, 1.807) is 12.3 Å². The number of piperidine rings is 1. The quantitative estimate of drug-likeness (QED) is 0.680. The molecule has 1 aliphatic heterocycles. The fourth-order valence-corrected chi connectivity index (χ4v) is 3.91. The topological polar surface area (TPSA) is 82.7 Å². The van der Waals surface area contributed by atoms with Crippen LogP contribution < -0.4 is 10.1 Å². The highest BCUT2D eigenvalue weighted by molar-refractivity contribution is 5.93. The van der Waals surface area contributed by atoms with Gasteiger partial charge in [0.25, 0.3) is 0 Å². The molecule has 3 aromatic rings. The lowest BCUT2D eigenvalue weighted by molar-refractivity contribution is -0.121. The van der Waals surface area contributed by atoms with Crippen LogP contribution in [-0.4, -0.2) is 46.4 Å². The van der Waals surface area contributed by atoms with Crippen LogP contribution in [0.4, 0.5) is 5.69 Å². The lowest BCUT2D eigenvalue weighted by Crippen LogP contribution is -2.35. The van der Waals surface area contributed by atoms with E-state index in [4.69, 9.17) is 4.74 Å². The number of anilines is 1. The van der Waals surface area contributed by atoms with E-state index < -0.39 is 0 Å². The van der Waals surface area contributed by atoms with Crippen LogP contribution in [-0.2, 0) is 4.79 Å².